The molecule has 0 bridgehead atoms. The van der Waals surface area contributed by atoms with Gasteiger partial charge in [0, 0.05) is 13.1 Å². The van der Waals surface area contributed by atoms with Crippen LogP contribution in [0.1, 0.15) is 21.7 Å². The number of hydrogen-bond donors (Lipinski definition) is 2. The fraction of sp³-hybridized carbons (Fsp3) is 0.278. The minimum atomic E-state index is -0.545. The molecule has 0 unspecified atom stereocenters. The van der Waals surface area contributed by atoms with Gasteiger partial charge in [0.15, 0.2) is 6.61 Å². The van der Waals surface area contributed by atoms with E-state index in [1.54, 1.807) is 36.8 Å². The summed E-state index contributed by atoms with van der Waals surface area (Å²) in [6, 6.07) is 10.7. The molecule has 26 heavy (non-hydrogen) atoms. The van der Waals surface area contributed by atoms with Crippen LogP contribution in [0.25, 0.3) is 0 Å². The van der Waals surface area contributed by atoms with E-state index in [0.29, 0.717) is 11.4 Å². The summed E-state index contributed by atoms with van der Waals surface area (Å²) < 4.78 is 9.94. The van der Waals surface area contributed by atoms with E-state index in [1.807, 2.05) is 12.1 Å². The molecule has 138 valence electrons. The van der Waals surface area contributed by atoms with Crippen molar-refractivity contribution in [3.05, 3.63) is 52.2 Å². The highest BCUT2D eigenvalue weighted by Crippen LogP contribution is 2.11. The summed E-state index contributed by atoms with van der Waals surface area (Å²) in [6.45, 7) is 0.133. The standard InChI is InChI=1S/C18H20N2O5S/c1-24-14-6-4-13(5-7-14)11-20-16(21)12-25-17(22)8-9-19-18(23)15-3-2-10-26-15/h2-7,10H,8-9,11-12H2,1H3,(H,19,23)(H,20,21). The normalized spacial score (nSPS) is 10.0. The van der Waals surface area contributed by atoms with Gasteiger partial charge in [0.25, 0.3) is 11.8 Å². The van der Waals surface area contributed by atoms with Crippen LogP contribution in [0.15, 0.2) is 41.8 Å². The van der Waals surface area contributed by atoms with Crippen LogP contribution in [0.3, 0.4) is 0 Å². The Morgan fingerprint density at radius 2 is 1.85 bits per heavy atom. The fourth-order valence-corrected chi connectivity index (χ4v) is 2.63. The van der Waals surface area contributed by atoms with Crippen LogP contribution >= 0.6 is 11.3 Å². The van der Waals surface area contributed by atoms with Gasteiger partial charge in [0.05, 0.1) is 18.4 Å². The molecule has 8 heteroatoms. The number of thiophene rings is 1. The first-order valence-electron chi connectivity index (χ1n) is 7.95. The Kier molecular flexibility index (Phi) is 7.63. The highest BCUT2D eigenvalue weighted by molar-refractivity contribution is 7.12. The maximum absolute atomic E-state index is 11.7. The molecule has 2 N–H and O–H groups in total. The first kappa shape index (κ1) is 19.5. The number of methoxy groups -OCH3 is 1. The van der Waals surface area contributed by atoms with Crippen LogP contribution in [0.2, 0.25) is 0 Å². The highest BCUT2D eigenvalue weighted by Gasteiger charge is 2.10. The number of esters is 1. The van der Waals surface area contributed by atoms with Gasteiger partial charge in [-0.05, 0) is 29.1 Å². The van der Waals surface area contributed by atoms with Crippen molar-refractivity contribution in [1.82, 2.24) is 10.6 Å². The topological polar surface area (TPSA) is 93.7 Å². The minimum absolute atomic E-state index is 0.00285. The Morgan fingerprint density at radius 3 is 2.50 bits per heavy atom. The molecular formula is C18H20N2O5S. The molecule has 7 nitrogen and oxygen atoms in total. The summed E-state index contributed by atoms with van der Waals surface area (Å²) >= 11 is 1.32. The van der Waals surface area contributed by atoms with Crippen LogP contribution in [0.5, 0.6) is 5.75 Å². The first-order chi connectivity index (χ1) is 12.6. The second-order valence-corrected chi connectivity index (χ2v) is 6.22. The van der Waals surface area contributed by atoms with Crippen molar-refractivity contribution >= 4 is 29.1 Å². The molecular weight excluding hydrogens is 356 g/mol. The third-order valence-corrected chi connectivity index (χ3v) is 4.24. The average molecular weight is 376 g/mol. The molecule has 1 heterocycles. The zero-order valence-corrected chi connectivity index (χ0v) is 15.1. The summed E-state index contributed by atoms with van der Waals surface area (Å²) in [4.78, 5) is 35.6. The quantitative estimate of drug-likeness (QED) is 0.650. The molecule has 2 amide bonds. The van der Waals surface area contributed by atoms with E-state index < -0.39 is 11.9 Å². The Balaban J connectivity index is 1.59. The maximum atomic E-state index is 11.7. The second kappa shape index (κ2) is 10.2. The van der Waals surface area contributed by atoms with E-state index in [4.69, 9.17) is 9.47 Å². The van der Waals surface area contributed by atoms with E-state index in [1.165, 1.54) is 11.3 Å². The van der Waals surface area contributed by atoms with E-state index in [-0.39, 0.29) is 25.5 Å². The number of carbonyl (C=O) groups is 3. The smallest absolute Gasteiger partial charge is 0.308 e. The monoisotopic (exact) mass is 376 g/mol. The lowest BCUT2D eigenvalue weighted by molar-refractivity contribution is -0.148. The van der Waals surface area contributed by atoms with Crippen LogP contribution in [0, 0.1) is 0 Å². The van der Waals surface area contributed by atoms with E-state index in [2.05, 4.69) is 10.6 Å². The number of ether oxygens (including phenoxy) is 2. The predicted octanol–water partition coefficient (Wildman–Crippen LogP) is 1.74. The van der Waals surface area contributed by atoms with Crippen LogP contribution in [0.4, 0.5) is 0 Å². The Bertz CT molecular complexity index is 729. The zero-order chi connectivity index (χ0) is 18.8. The van der Waals surface area contributed by atoms with Crippen LogP contribution < -0.4 is 15.4 Å². The van der Waals surface area contributed by atoms with Gasteiger partial charge in [-0.25, -0.2) is 0 Å². The van der Waals surface area contributed by atoms with E-state index in [9.17, 15) is 14.4 Å². The molecule has 0 spiro atoms. The summed E-state index contributed by atoms with van der Waals surface area (Å²) in [5.41, 5.74) is 0.904. The molecule has 0 atom stereocenters. The molecule has 2 aromatic rings. The zero-order valence-electron chi connectivity index (χ0n) is 14.3. The number of amides is 2. The lowest BCUT2D eigenvalue weighted by Gasteiger charge is -2.08. The van der Waals surface area contributed by atoms with Crippen LogP contribution in [-0.2, 0) is 20.9 Å². The second-order valence-electron chi connectivity index (χ2n) is 5.27. The van der Waals surface area contributed by atoms with Gasteiger partial charge < -0.3 is 20.1 Å². The molecule has 0 aliphatic rings. The number of nitrogens with one attached hydrogen (secondary N) is 2. The predicted molar refractivity (Wildman–Crippen MR) is 97.1 cm³/mol. The third kappa shape index (κ3) is 6.56. The number of rotatable bonds is 9. The molecule has 0 saturated heterocycles. The van der Waals surface area contributed by atoms with Crippen molar-refractivity contribution in [3.63, 3.8) is 0 Å². The Hall–Kier alpha value is -2.87. The van der Waals surface area contributed by atoms with Gasteiger partial charge in [-0.3, -0.25) is 14.4 Å². The average Bonchev–Trinajstić information content (AvgIpc) is 3.20. The van der Waals surface area contributed by atoms with Gasteiger partial charge >= 0.3 is 5.97 Å². The van der Waals surface area contributed by atoms with Crippen molar-refractivity contribution in [3.8, 4) is 5.75 Å². The molecule has 0 aliphatic carbocycles. The van der Waals surface area contributed by atoms with Gasteiger partial charge in [0.1, 0.15) is 5.75 Å². The van der Waals surface area contributed by atoms with Crippen molar-refractivity contribution in [1.29, 1.82) is 0 Å². The molecule has 0 saturated carbocycles. The third-order valence-electron chi connectivity index (χ3n) is 3.37. The SMILES string of the molecule is COc1ccc(CNC(=O)COC(=O)CCNC(=O)c2cccs2)cc1. The molecule has 0 radical (unpaired) electrons. The van der Waals surface area contributed by atoms with Crippen molar-refractivity contribution in [2.45, 2.75) is 13.0 Å². The lowest BCUT2D eigenvalue weighted by Crippen LogP contribution is -2.30. The fourth-order valence-electron chi connectivity index (χ4n) is 1.99. The molecule has 0 aliphatic heterocycles. The number of carbonyl (C=O) groups excluding carboxylic acids is 3. The summed E-state index contributed by atoms with van der Waals surface area (Å²) in [5, 5.41) is 7.08. The van der Waals surface area contributed by atoms with Crippen molar-refractivity contribution in [2.75, 3.05) is 20.3 Å². The van der Waals surface area contributed by atoms with Gasteiger partial charge in [0.2, 0.25) is 0 Å². The summed E-state index contributed by atoms with van der Waals surface area (Å²) in [6.07, 6.45) is 0.00285. The van der Waals surface area contributed by atoms with Gasteiger partial charge in [-0.1, -0.05) is 18.2 Å². The van der Waals surface area contributed by atoms with Crippen LogP contribution in [-0.4, -0.2) is 38.0 Å². The highest BCUT2D eigenvalue weighted by atomic mass is 32.1. The van der Waals surface area contributed by atoms with Gasteiger partial charge in [-0.2, -0.15) is 0 Å². The number of benzene rings is 1. The molecule has 1 aromatic carbocycles. The largest absolute Gasteiger partial charge is 0.497 e. The molecule has 1 aromatic heterocycles. The molecule has 2 rings (SSSR count). The maximum Gasteiger partial charge on any atom is 0.308 e. The summed E-state index contributed by atoms with van der Waals surface area (Å²) in [5.74, 6) is -0.432. The number of hydrogen-bond acceptors (Lipinski definition) is 6. The summed E-state index contributed by atoms with van der Waals surface area (Å²) in [7, 11) is 1.58. The Labute approximate surface area is 155 Å². The lowest BCUT2D eigenvalue weighted by atomic mass is 10.2. The first-order valence-corrected chi connectivity index (χ1v) is 8.83. The van der Waals surface area contributed by atoms with Crippen molar-refractivity contribution < 1.29 is 23.9 Å². The molecule has 0 fully saturated rings. The van der Waals surface area contributed by atoms with Gasteiger partial charge in [-0.15, -0.1) is 11.3 Å². The van der Waals surface area contributed by atoms with E-state index >= 15 is 0 Å². The van der Waals surface area contributed by atoms with Crippen molar-refractivity contribution in [2.24, 2.45) is 0 Å². The van der Waals surface area contributed by atoms with E-state index in [0.717, 1.165) is 11.3 Å². The minimum Gasteiger partial charge on any atom is -0.497 e. The Morgan fingerprint density at radius 1 is 1.08 bits per heavy atom.